The number of rotatable bonds is 5. The van der Waals surface area contributed by atoms with Gasteiger partial charge < -0.3 is 9.84 Å². The number of carboxylic acid groups (broad SMARTS) is 1. The van der Waals surface area contributed by atoms with Crippen LogP contribution in [0.3, 0.4) is 0 Å². The second-order valence-electron chi connectivity index (χ2n) is 5.22. The molecule has 0 radical (unpaired) electrons. The maximum Gasteiger partial charge on any atom is 0.307 e. The standard InChI is InChI=1S/C17H15NO5S/c1-23-13-6-8-14(9-7-13)24(21,22)18-11-12(10-17(19)20)15-4-2-3-5-16(15)18/h2-9,11H,10H2,1H3,(H,19,20). The van der Waals surface area contributed by atoms with E-state index in [4.69, 9.17) is 9.84 Å². The Bertz CT molecular complexity index is 1000. The van der Waals surface area contributed by atoms with Gasteiger partial charge in [-0.3, -0.25) is 4.79 Å². The summed E-state index contributed by atoms with van der Waals surface area (Å²) in [5, 5.41) is 9.65. The summed E-state index contributed by atoms with van der Waals surface area (Å²) < 4.78 is 32.0. The van der Waals surface area contributed by atoms with Crippen molar-refractivity contribution in [1.29, 1.82) is 0 Å². The van der Waals surface area contributed by atoms with E-state index in [1.165, 1.54) is 25.4 Å². The van der Waals surface area contributed by atoms with Crippen molar-refractivity contribution in [2.75, 3.05) is 7.11 Å². The van der Waals surface area contributed by atoms with Crippen molar-refractivity contribution in [3.63, 3.8) is 0 Å². The smallest absolute Gasteiger partial charge is 0.307 e. The fourth-order valence-electron chi connectivity index (χ4n) is 2.58. The Morgan fingerprint density at radius 2 is 1.79 bits per heavy atom. The normalized spacial score (nSPS) is 11.5. The van der Waals surface area contributed by atoms with Gasteiger partial charge in [-0.15, -0.1) is 0 Å². The highest BCUT2D eigenvalue weighted by Gasteiger charge is 2.21. The van der Waals surface area contributed by atoms with E-state index < -0.39 is 16.0 Å². The molecular weight excluding hydrogens is 330 g/mol. The summed E-state index contributed by atoms with van der Waals surface area (Å²) in [5.41, 5.74) is 0.903. The third kappa shape index (κ3) is 2.74. The van der Waals surface area contributed by atoms with Gasteiger partial charge in [0.1, 0.15) is 5.75 Å². The third-order valence-electron chi connectivity index (χ3n) is 3.72. The molecule has 24 heavy (non-hydrogen) atoms. The second-order valence-corrected chi connectivity index (χ2v) is 7.03. The van der Waals surface area contributed by atoms with Crippen molar-refractivity contribution in [2.45, 2.75) is 11.3 Å². The molecule has 0 atom stereocenters. The van der Waals surface area contributed by atoms with Crippen LogP contribution >= 0.6 is 0 Å². The molecule has 0 aliphatic heterocycles. The average molecular weight is 345 g/mol. The van der Waals surface area contributed by atoms with E-state index in [0.717, 1.165) is 3.97 Å². The summed E-state index contributed by atoms with van der Waals surface area (Å²) in [7, 11) is -2.34. The minimum atomic E-state index is -3.84. The first-order valence-corrected chi connectivity index (χ1v) is 8.58. The van der Waals surface area contributed by atoms with E-state index in [1.807, 2.05) is 0 Å². The zero-order valence-corrected chi connectivity index (χ0v) is 13.7. The topological polar surface area (TPSA) is 85.6 Å². The number of aliphatic carboxylic acids is 1. The number of methoxy groups -OCH3 is 1. The minimum absolute atomic E-state index is 0.103. The number of aromatic nitrogens is 1. The lowest BCUT2D eigenvalue weighted by atomic mass is 10.1. The number of hydrogen-bond acceptors (Lipinski definition) is 4. The van der Waals surface area contributed by atoms with Crippen LogP contribution in [0.5, 0.6) is 5.75 Å². The average Bonchev–Trinajstić information content (AvgIpc) is 2.94. The van der Waals surface area contributed by atoms with Crippen LogP contribution < -0.4 is 4.74 Å². The number of fused-ring (bicyclic) bond motifs is 1. The van der Waals surface area contributed by atoms with E-state index in [-0.39, 0.29) is 11.3 Å². The van der Waals surface area contributed by atoms with Crippen molar-refractivity contribution in [1.82, 2.24) is 3.97 Å². The van der Waals surface area contributed by atoms with Crippen LogP contribution in [0.1, 0.15) is 5.56 Å². The molecule has 0 unspecified atom stereocenters. The van der Waals surface area contributed by atoms with Crippen molar-refractivity contribution in [3.8, 4) is 5.75 Å². The van der Waals surface area contributed by atoms with Gasteiger partial charge >= 0.3 is 5.97 Å². The highest BCUT2D eigenvalue weighted by Crippen LogP contribution is 2.27. The quantitative estimate of drug-likeness (QED) is 0.768. The maximum absolute atomic E-state index is 12.9. The number of carbonyl (C=O) groups is 1. The summed E-state index contributed by atoms with van der Waals surface area (Å²) in [5.74, 6) is -0.461. The van der Waals surface area contributed by atoms with E-state index in [0.29, 0.717) is 22.2 Å². The third-order valence-corrected chi connectivity index (χ3v) is 5.41. The van der Waals surface area contributed by atoms with E-state index in [1.54, 1.807) is 36.4 Å². The van der Waals surface area contributed by atoms with Crippen LogP contribution in [0, 0.1) is 0 Å². The molecule has 0 aliphatic rings. The highest BCUT2D eigenvalue weighted by atomic mass is 32.2. The lowest BCUT2D eigenvalue weighted by molar-refractivity contribution is -0.136. The molecule has 0 bridgehead atoms. The number of hydrogen-bond donors (Lipinski definition) is 1. The van der Waals surface area contributed by atoms with Gasteiger partial charge in [0.25, 0.3) is 10.0 Å². The molecule has 0 spiro atoms. The van der Waals surface area contributed by atoms with Gasteiger partial charge in [-0.25, -0.2) is 12.4 Å². The fourth-order valence-corrected chi connectivity index (χ4v) is 3.97. The highest BCUT2D eigenvalue weighted by molar-refractivity contribution is 7.90. The van der Waals surface area contributed by atoms with Crippen molar-refractivity contribution >= 4 is 26.9 Å². The van der Waals surface area contributed by atoms with Gasteiger partial charge in [0, 0.05) is 11.6 Å². The van der Waals surface area contributed by atoms with Crippen LogP contribution in [-0.4, -0.2) is 30.6 Å². The Labute approximate surface area is 139 Å². The van der Waals surface area contributed by atoms with Crippen LogP contribution in [0.2, 0.25) is 0 Å². The van der Waals surface area contributed by atoms with Crippen molar-refractivity contribution < 1.29 is 23.1 Å². The molecule has 0 saturated carbocycles. The zero-order valence-electron chi connectivity index (χ0n) is 12.8. The van der Waals surface area contributed by atoms with Gasteiger partial charge in [-0.2, -0.15) is 0 Å². The van der Waals surface area contributed by atoms with Gasteiger partial charge in [0.15, 0.2) is 0 Å². The summed E-state index contributed by atoms with van der Waals surface area (Å²) in [6, 6.07) is 12.9. The molecule has 0 fully saturated rings. The monoisotopic (exact) mass is 345 g/mol. The molecule has 1 aromatic heterocycles. The molecule has 6 nitrogen and oxygen atoms in total. The van der Waals surface area contributed by atoms with E-state index in [9.17, 15) is 13.2 Å². The number of carboxylic acids is 1. The summed E-state index contributed by atoms with van der Waals surface area (Å²) >= 11 is 0. The number of para-hydroxylation sites is 1. The fraction of sp³-hybridized carbons (Fsp3) is 0.118. The first kappa shape index (κ1) is 16.1. The lowest BCUT2D eigenvalue weighted by Crippen LogP contribution is -2.12. The maximum atomic E-state index is 12.9. The number of benzene rings is 2. The Balaban J connectivity index is 2.18. The number of ether oxygens (including phenoxy) is 1. The molecule has 0 saturated heterocycles. The van der Waals surface area contributed by atoms with E-state index >= 15 is 0 Å². The summed E-state index contributed by atoms with van der Waals surface area (Å²) in [6.07, 6.45) is 1.13. The summed E-state index contributed by atoms with van der Waals surface area (Å²) in [6.45, 7) is 0. The molecule has 7 heteroatoms. The minimum Gasteiger partial charge on any atom is -0.497 e. The molecule has 3 aromatic rings. The van der Waals surface area contributed by atoms with Crippen LogP contribution in [0.15, 0.2) is 59.6 Å². The Hall–Kier alpha value is -2.80. The molecule has 3 rings (SSSR count). The predicted octanol–water partition coefficient (Wildman–Crippen LogP) is 2.51. The van der Waals surface area contributed by atoms with Crippen molar-refractivity contribution in [3.05, 3.63) is 60.3 Å². The largest absolute Gasteiger partial charge is 0.497 e. The van der Waals surface area contributed by atoms with Crippen molar-refractivity contribution in [2.24, 2.45) is 0 Å². The van der Waals surface area contributed by atoms with Gasteiger partial charge in [0.2, 0.25) is 0 Å². The molecule has 0 aliphatic carbocycles. The molecule has 2 aromatic carbocycles. The molecule has 0 amide bonds. The molecule has 1 heterocycles. The predicted molar refractivity (Wildman–Crippen MR) is 88.9 cm³/mol. The first-order chi connectivity index (χ1) is 11.4. The Kier molecular flexibility index (Phi) is 4.02. The Morgan fingerprint density at radius 3 is 2.42 bits per heavy atom. The second kappa shape index (κ2) is 6.01. The van der Waals surface area contributed by atoms with Crippen LogP contribution in [0.4, 0.5) is 0 Å². The number of nitrogens with zero attached hydrogens (tertiary/aromatic N) is 1. The van der Waals surface area contributed by atoms with E-state index in [2.05, 4.69) is 0 Å². The van der Waals surface area contributed by atoms with Gasteiger partial charge in [-0.1, -0.05) is 18.2 Å². The van der Waals surface area contributed by atoms with Crippen LogP contribution in [-0.2, 0) is 21.2 Å². The zero-order chi connectivity index (χ0) is 17.3. The Morgan fingerprint density at radius 1 is 1.12 bits per heavy atom. The first-order valence-electron chi connectivity index (χ1n) is 7.14. The van der Waals surface area contributed by atoms with Gasteiger partial charge in [0.05, 0.1) is 23.9 Å². The molecule has 1 N–H and O–H groups in total. The lowest BCUT2D eigenvalue weighted by Gasteiger charge is -2.08. The molecular formula is C17H15NO5S. The van der Waals surface area contributed by atoms with Crippen LogP contribution in [0.25, 0.3) is 10.9 Å². The molecule has 124 valence electrons. The van der Waals surface area contributed by atoms with Gasteiger partial charge in [-0.05, 0) is 35.9 Å². The SMILES string of the molecule is COc1ccc(S(=O)(=O)n2cc(CC(=O)O)c3ccccc32)cc1. The summed E-state index contributed by atoms with van der Waals surface area (Å²) in [4.78, 5) is 11.1.